The first-order valence-corrected chi connectivity index (χ1v) is 8.23. The highest BCUT2D eigenvalue weighted by Crippen LogP contribution is 2.18. The topological polar surface area (TPSA) is 73.6 Å². The van der Waals surface area contributed by atoms with Crippen molar-refractivity contribution in [2.45, 2.75) is 19.6 Å². The van der Waals surface area contributed by atoms with E-state index in [-0.39, 0.29) is 24.2 Å². The van der Waals surface area contributed by atoms with Gasteiger partial charge in [0.15, 0.2) is 12.3 Å². The lowest BCUT2D eigenvalue weighted by atomic mass is 10.1. The monoisotopic (exact) mass is 352 g/mol. The van der Waals surface area contributed by atoms with Crippen LogP contribution in [0.25, 0.3) is 0 Å². The van der Waals surface area contributed by atoms with Crippen molar-refractivity contribution in [2.24, 2.45) is 0 Å². The first-order chi connectivity index (χ1) is 12.7. The highest BCUT2D eigenvalue weighted by Gasteiger charge is 2.15. The molecule has 1 heterocycles. The van der Waals surface area contributed by atoms with Gasteiger partial charge in [-0.25, -0.2) is 4.98 Å². The summed E-state index contributed by atoms with van der Waals surface area (Å²) in [6, 6.07) is 16.8. The van der Waals surface area contributed by atoms with E-state index in [1.54, 1.807) is 31.4 Å². The molecule has 1 aromatic heterocycles. The van der Waals surface area contributed by atoms with Crippen LogP contribution in [0.5, 0.6) is 11.5 Å². The summed E-state index contributed by atoms with van der Waals surface area (Å²) in [4.78, 5) is 16.5. The van der Waals surface area contributed by atoms with Crippen molar-refractivity contribution in [1.29, 1.82) is 0 Å². The van der Waals surface area contributed by atoms with Crippen molar-refractivity contribution in [3.8, 4) is 11.5 Å². The van der Waals surface area contributed by atoms with Crippen LogP contribution in [0.1, 0.15) is 34.9 Å². The van der Waals surface area contributed by atoms with Gasteiger partial charge in [0.2, 0.25) is 5.89 Å². The fourth-order valence-corrected chi connectivity index (χ4v) is 2.39. The summed E-state index contributed by atoms with van der Waals surface area (Å²) in [5.41, 5.74) is 1.24. The molecule has 6 nitrogen and oxygen atoms in total. The summed E-state index contributed by atoms with van der Waals surface area (Å²) < 4.78 is 16.0. The van der Waals surface area contributed by atoms with E-state index in [9.17, 15) is 4.79 Å². The van der Waals surface area contributed by atoms with Gasteiger partial charge in [-0.05, 0) is 36.8 Å². The number of aromatic nitrogens is 1. The molecule has 1 N–H and O–H groups in total. The summed E-state index contributed by atoms with van der Waals surface area (Å²) in [6.07, 6.45) is 1.33. The lowest BCUT2D eigenvalue weighted by molar-refractivity contribution is 0.0934. The second kappa shape index (κ2) is 8.20. The Bertz CT molecular complexity index is 844. The quantitative estimate of drug-likeness (QED) is 0.701. The van der Waals surface area contributed by atoms with Gasteiger partial charge in [0.25, 0.3) is 5.91 Å². The average molecular weight is 352 g/mol. The van der Waals surface area contributed by atoms with Gasteiger partial charge in [0.05, 0.1) is 13.2 Å². The third-order valence-electron chi connectivity index (χ3n) is 3.85. The first kappa shape index (κ1) is 17.5. The van der Waals surface area contributed by atoms with E-state index in [0.717, 1.165) is 11.3 Å². The molecule has 26 heavy (non-hydrogen) atoms. The Kier molecular flexibility index (Phi) is 5.53. The van der Waals surface area contributed by atoms with Gasteiger partial charge in [-0.3, -0.25) is 4.79 Å². The molecule has 0 saturated carbocycles. The van der Waals surface area contributed by atoms with Gasteiger partial charge >= 0.3 is 0 Å². The fourth-order valence-electron chi connectivity index (χ4n) is 2.39. The van der Waals surface area contributed by atoms with Crippen molar-refractivity contribution in [2.75, 3.05) is 7.11 Å². The Hall–Kier alpha value is -3.28. The largest absolute Gasteiger partial charge is 0.497 e. The minimum absolute atomic E-state index is 0.126. The van der Waals surface area contributed by atoms with E-state index in [0.29, 0.717) is 11.6 Å². The SMILES string of the molecule is COc1ccc(OCc2nc(C(=O)N[C@@H](C)c3ccccc3)co2)cc1. The zero-order valence-electron chi connectivity index (χ0n) is 14.6. The van der Waals surface area contributed by atoms with Crippen LogP contribution in [0.4, 0.5) is 0 Å². The Balaban J connectivity index is 1.55. The van der Waals surface area contributed by atoms with Crippen molar-refractivity contribution in [3.05, 3.63) is 78.0 Å². The number of oxazole rings is 1. The Morgan fingerprint density at radius 2 is 1.81 bits per heavy atom. The number of nitrogens with zero attached hydrogens (tertiary/aromatic N) is 1. The second-order valence-electron chi connectivity index (χ2n) is 5.70. The van der Waals surface area contributed by atoms with Gasteiger partial charge in [-0.2, -0.15) is 0 Å². The number of carbonyl (C=O) groups excluding carboxylic acids is 1. The van der Waals surface area contributed by atoms with Crippen molar-refractivity contribution in [1.82, 2.24) is 10.3 Å². The van der Waals surface area contributed by atoms with Crippen LogP contribution in [-0.2, 0) is 6.61 Å². The number of carbonyl (C=O) groups is 1. The molecular formula is C20H20N2O4. The molecule has 0 unspecified atom stereocenters. The molecule has 134 valence electrons. The number of rotatable bonds is 7. The lowest BCUT2D eigenvalue weighted by Gasteiger charge is -2.12. The zero-order chi connectivity index (χ0) is 18.4. The summed E-state index contributed by atoms with van der Waals surface area (Å²) in [6.45, 7) is 2.05. The minimum Gasteiger partial charge on any atom is -0.497 e. The van der Waals surface area contributed by atoms with Crippen molar-refractivity contribution >= 4 is 5.91 Å². The van der Waals surface area contributed by atoms with Gasteiger partial charge in [-0.15, -0.1) is 0 Å². The Labute approximate surface area is 151 Å². The van der Waals surface area contributed by atoms with Crippen LogP contribution < -0.4 is 14.8 Å². The van der Waals surface area contributed by atoms with Crippen LogP contribution in [0, 0.1) is 0 Å². The predicted molar refractivity (Wildman–Crippen MR) is 96.2 cm³/mol. The number of benzene rings is 2. The summed E-state index contributed by atoms with van der Waals surface area (Å²) in [7, 11) is 1.61. The number of amides is 1. The molecular weight excluding hydrogens is 332 g/mol. The molecule has 0 aliphatic heterocycles. The molecule has 0 aliphatic carbocycles. The molecule has 0 bridgehead atoms. The lowest BCUT2D eigenvalue weighted by Crippen LogP contribution is -2.26. The number of methoxy groups -OCH3 is 1. The Morgan fingerprint density at radius 1 is 1.12 bits per heavy atom. The van der Waals surface area contributed by atoms with Crippen molar-refractivity contribution < 1.29 is 18.7 Å². The first-order valence-electron chi connectivity index (χ1n) is 8.23. The van der Waals surface area contributed by atoms with Crippen LogP contribution >= 0.6 is 0 Å². The van der Waals surface area contributed by atoms with Gasteiger partial charge in [0, 0.05) is 0 Å². The smallest absolute Gasteiger partial charge is 0.273 e. The fraction of sp³-hybridized carbons (Fsp3) is 0.200. The molecule has 2 aromatic carbocycles. The number of ether oxygens (including phenoxy) is 2. The summed E-state index contributed by atoms with van der Waals surface area (Å²) >= 11 is 0. The van der Waals surface area contributed by atoms with E-state index in [1.807, 2.05) is 37.3 Å². The molecule has 6 heteroatoms. The van der Waals surface area contributed by atoms with Crippen LogP contribution in [0.15, 0.2) is 65.3 Å². The molecule has 1 amide bonds. The molecule has 0 radical (unpaired) electrons. The summed E-state index contributed by atoms with van der Waals surface area (Å²) in [5.74, 6) is 1.45. The number of nitrogens with one attached hydrogen (secondary N) is 1. The van der Waals surface area contributed by atoms with E-state index < -0.39 is 0 Å². The highest BCUT2D eigenvalue weighted by molar-refractivity contribution is 5.92. The maximum absolute atomic E-state index is 12.3. The third kappa shape index (κ3) is 4.42. The Morgan fingerprint density at radius 3 is 2.50 bits per heavy atom. The maximum atomic E-state index is 12.3. The number of hydrogen-bond acceptors (Lipinski definition) is 5. The van der Waals surface area contributed by atoms with Gasteiger partial charge in [0.1, 0.15) is 17.8 Å². The van der Waals surface area contributed by atoms with Crippen molar-refractivity contribution in [3.63, 3.8) is 0 Å². The normalized spacial score (nSPS) is 11.6. The van der Waals surface area contributed by atoms with Gasteiger partial charge in [-0.1, -0.05) is 30.3 Å². The molecule has 0 aliphatic rings. The average Bonchev–Trinajstić information content (AvgIpc) is 3.16. The standard InChI is InChI=1S/C20H20N2O4/c1-14(15-6-4-3-5-7-15)21-20(23)18-12-26-19(22-18)13-25-17-10-8-16(24-2)9-11-17/h3-12,14H,13H2,1-2H3,(H,21,23)/t14-/m0/s1. The highest BCUT2D eigenvalue weighted by atomic mass is 16.5. The van der Waals surface area contributed by atoms with E-state index in [4.69, 9.17) is 13.9 Å². The molecule has 0 fully saturated rings. The van der Waals surface area contributed by atoms with E-state index >= 15 is 0 Å². The maximum Gasteiger partial charge on any atom is 0.273 e. The van der Waals surface area contributed by atoms with Crippen LogP contribution in [0.2, 0.25) is 0 Å². The molecule has 0 saturated heterocycles. The molecule has 3 aromatic rings. The molecule has 1 atom stereocenters. The molecule has 0 spiro atoms. The number of hydrogen-bond donors (Lipinski definition) is 1. The molecule has 3 rings (SSSR count). The zero-order valence-corrected chi connectivity index (χ0v) is 14.6. The third-order valence-corrected chi connectivity index (χ3v) is 3.85. The second-order valence-corrected chi connectivity index (χ2v) is 5.70. The van der Waals surface area contributed by atoms with E-state index in [1.165, 1.54) is 6.26 Å². The predicted octanol–water partition coefficient (Wildman–Crippen LogP) is 3.75. The van der Waals surface area contributed by atoms with Crippen LogP contribution in [0.3, 0.4) is 0 Å². The van der Waals surface area contributed by atoms with Crippen LogP contribution in [-0.4, -0.2) is 18.0 Å². The van der Waals surface area contributed by atoms with E-state index in [2.05, 4.69) is 10.3 Å². The van der Waals surface area contributed by atoms with Gasteiger partial charge < -0.3 is 19.2 Å². The minimum atomic E-state index is -0.291. The summed E-state index contributed by atoms with van der Waals surface area (Å²) in [5, 5.41) is 2.90.